The summed E-state index contributed by atoms with van der Waals surface area (Å²) < 4.78 is 8.12. The fraction of sp³-hybridized carbons (Fsp3) is 0.643. The zero-order chi connectivity index (χ0) is 23.1. The Morgan fingerprint density at radius 1 is 1.18 bits per heavy atom. The third kappa shape index (κ3) is 4.32. The van der Waals surface area contributed by atoms with Crippen LogP contribution in [0.2, 0.25) is 0 Å². The topological polar surface area (TPSA) is 44.1 Å². The van der Waals surface area contributed by atoms with Gasteiger partial charge in [0.05, 0.1) is 16.9 Å². The number of ether oxygens (including phenoxy) is 1. The van der Waals surface area contributed by atoms with Crippen LogP contribution in [0.1, 0.15) is 95.7 Å². The van der Waals surface area contributed by atoms with E-state index >= 15 is 0 Å². The first-order valence-corrected chi connectivity index (χ1v) is 13.9. The molecule has 2 heterocycles. The van der Waals surface area contributed by atoms with Crippen LogP contribution in [0.4, 0.5) is 0 Å². The van der Waals surface area contributed by atoms with Crippen molar-refractivity contribution in [3.63, 3.8) is 0 Å². The van der Waals surface area contributed by atoms with E-state index in [-0.39, 0.29) is 22.6 Å². The zero-order valence-electron chi connectivity index (χ0n) is 20.5. The quantitative estimate of drug-likeness (QED) is 0.270. The molecule has 3 aliphatic rings. The molecule has 178 valence electrons. The van der Waals surface area contributed by atoms with Crippen molar-refractivity contribution in [1.29, 1.82) is 0 Å². The number of benzene rings is 1. The summed E-state index contributed by atoms with van der Waals surface area (Å²) in [5.74, 6) is 1.01. The van der Waals surface area contributed by atoms with Crippen molar-refractivity contribution in [2.45, 2.75) is 107 Å². The number of hydrogen-bond donors (Lipinski definition) is 0. The van der Waals surface area contributed by atoms with Gasteiger partial charge in [-0.15, -0.1) is 0 Å². The molecular formula is C28H38N2O2S. The zero-order valence-corrected chi connectivity index (χ0v) is 21.3. The molecule has 2 fully saturated rings. The number of hydrogen-bond acceptors (Lipinski definition) is 4. The molecule has 1 saturated carbocycles. The van der Waals surface area contributed by atoms with Crippen LogP contribution in [0.3, 0.4) is 0 Å². The Morgan fingerprint density at radius 3 is 2.73 bits per heavy atom. The summed E-state index contributed by atoms with van der Waals surface area (Å²) >= 11 is 1.78. The van der Waals surface area contributed by atoms with E-state index in [9.17, 15) is 4.79 Å². The minimum atomic E-state index is -0.208. The molecule has 0 N–H and O–H groups in total. The number of rotatable bonds is 6. The van der Waals surface area contributed by atoms with Gasteiger partial charge in [-0.3, -0.25) is 9.36 Å². The van der Waals surface area contributed by atoms with Crippen molar-refractivity contribution < 1.29 is 4.74 Å². The molecule has 0 bridgehead atoms. The van der Waals surface area contributed by atoms with Crippen LogP contribution in [-0.4, -0.2) is 27.5 Å². The van der Waals surface area contributed by atoms with Gasteiger partial charge in [0.2, 0.25) is 0 Å². The Bertz CT molecular complexity index is 1070. The average Bonchev–Trinajstić information content (AvgIpc) is 3.24. The van der Waals surface area contributed by atoms with Crippen LogP contribution in [0, 0.1) is 0 Å². The van der Waals surface area contributed by atoms with Crippen LogP contribution in [0.25, 0.3) is 11.3 Å². The van der Waals surface area contributed by atoms with E-state index in [1.54, 1.807) is 11.8 Å². The van der Waals surface area contributed by atoms with Crippen molar-refractivity contribution in [1.82, 2.24) is 9.55 Å². The van der Waals surface area contributed by atoms with Crippen molar-refractivity contribution in [2.75, 3.05) is 12.4 Å². The fourth-order valence-corrected chi connectivity index (χ4v) is 7.44. The normalized spacial score (nSPS) is 22.8. The van der Waals surface area contributed by atoms with Gasteiger partial charge in [-0.25, -0.2) is 4.98 Å². The largest absolute Gasteiger partial charge is 0.375 e. The van der Waals surface area contributed by atoms with E-state index in [1.807, 2.05) is 0 Å². The molecule has 2 aromatic rings. The van der Waals surface area contributed by atoms with E-state index in [0.29, 0.717) is 6.61 Å². The van der Waals surface area contributed by atoms with Gasteiger partial charge in [-0.2, -0.15) is 0 Å². The second-order valence-corrected chi connectivity index (χ2v) is 12.0. The summed E-state index contributed by atoms with van der Waals surface area (Å²) in [6.45, 7) is 7.24. The standard InChI is InChI=1S/C28H38N2O2S/c1-4-5-10-17-33-26-29-24-22-12-7-6-11-20(22)18-28(14-8-9-15-28)23(24)25(31)30(26)21-13-16-32-27(2,3)19-21/h6-7,11-12,21H,4-5,8-10,13-19H2,1-3H3/t21-/m1/s1. The lowest BCUT2D eigenvalue weighted by Crippen LogP contribution is -2.44. The Morgan fingerprint density at radius 2 is 1.97 bits per heavy atom. The molecule has 0 amide bonds. The predicted molar refractivity (Wildman–Crippen MR) is 136 cm³/mol. The Balaban J connectivity index is 1.68. The first-order chi connectivity index (χ1) is 15.9. The highest BCUT2D eigenvalue weighted by Gasteiger charge is 2.45. The second kappa shape index (κ2) is 9.22. The van der Waals surface area contributed by atoms with Gasteiger partial charge in [-0.1, -0.05) is 68.6 Å². The smallest absolute Gasteiger partial charge is 0.258 e. The Labute approximate surface area is 202 Å². The van der Waals surface area contributed by atoms with Gasteiger partial charge < -0.3 is 4.74 Å². The second-order valence-electron chi connectivity index (χ2n) is 10.9. The number of thioether (sulfide) groups is 1. The highest BCUT2D eigenvalue weighted by molar-refractivity contribution is 7.99. The van der Waals surface area contributed by atoms with Crippen molar-refractivity contribution in [3.8, 4) is 11.3 Å². The maximum absolute atomic E-state index is 14.5. The lowest BCUT2D eigenvalue weighted by atomic mass is 9.68. The molecular weight excluding hydrogens is 428 g/mol. The number of nitrogens with zero attached hydrogens (tertiary/aromatic N) is 2. The average molecular weight is 467 g/mol. The molecule has 1 aromatic carbocycles. The fourth-order valence-electron chi connectivity index (χ4n) is 6.38. The molecule has 1 aliphatic heterocycles. The third-order valence-electron chi connectivity index (χ3n) is 7.99. The summed E-state index contributed by atoms with van der Waals surface area (Å²) in [6, 6.07) is 8.81. The van der Waals surface area contributed by atoms with Crippen LogP contribution >= 0.6 is 11.8 Å². The summed E-state index contributed by atoms with van der Waals surface area (Å²) in [7, 11) is 0. The lowest BCUT2D eigenvalue weighted by Gasteiger charge is -2.40. The first kappa shape index (κ1) is 23.2. The minimum Gasteiger partial charge on any atom is -0.375 e. The monoisotopic (exact) mass is 466 g/mol. The number of aromatic nitrogens is 2. The van der Waals surface area contributed by atoms with Gasteiger partial charge in [0, 0.05) is 29.4 Å². The van der Waals surface area contributed by atoms with Crippen molar-refractivity contribution in [2.24, 2.45) is 0 Å². The van der Waals surface area contributed by atoms with Crippen LogP contribution in [0.5, 0.6) is 0 Å². The van der Waals surface area contributed by atoms with Crippen molar-refractivity contribution in [3.05, 3.63) is 45.7 Å². The molecule has 0 unspecified atom stereocenters. The van der Waals surface area contributed by atoms with Gasteiger partial charge in [0.15, 0.2) is 5.16 Å². The van der Waals surface area contributed by atoms with Gasteiger partial charge in [-0.05, 0) is 57.9 Å². The third-order valence-corrected chi connectivity index (χ3v) is 9.03. The molecule has 33 heavy (non-hydrogen) atoms. The summed E-state index contributed by atoms with van der Waals surface area (Å²) in [5.41, 5.74) is 4.52. The number of fused-ring (bicyclic) bond motifs is 4. The Hall–Kier alpha value is -1.59. The predicted octanol–water partition coefficient (Wildman–Crippen LogP) is 6.69. The van der Waals surface area contributed by atoms with E-state index < -0.39 is 0 Å². The highest BCUT2D eigenvalue weighted by atomic mass is 32.2. The highest BCUT2D eigenvalue weighted by Crippen LogP contribution is 2.50. The maximum Gasteiger partial charge on any atom is 0.258 e. The van der Waals surface area contributed by atoms with Gasteiger partial charge in [0.25, 0.3) is 5.56 Å². The van der Waals surface area contributed by atoms with Crippen LogP contribution in [0.15, 0.2) is 34.2 Å². The molecule has 5 heteroatoms. The van der Waals surface area contributed by atoms with E-state index in [2.05, 4.69) is 49.6 Å². The SMILES string of the molecule is CCCCCSc1nc2c(c(=O)n1[C@@H]1CCOC(C)(C)C1)C1(CCCC1)Cc1ccccc1-2. The number of unbranched alkanes of at least 4 members (excludes halogenated alkanes) is 2. The summed E-state index contributed by atoms with van der Waals surface area (Å²) in [6.07, 6.45) is 10.9. The first-order valence-electron chi connectivity index (χ1n) is 13.0. The molecule has 2 aliphatic carbocycles. The van der Waals surface area contributed by atoms with Crippen LogP contribution < -0.4 is 5.56 Å². The molecule has 5 rings (SSSR count). The molecule has 1 spiro atoms. The van der Waals surface area contributed by atoms with Crippen molar-refractivity contribution >= 4 is 11.8 Å². The van der Waals surface area contributed by atoms with Gasteiger partial charge >= 0.3 is 0 Å². The van der Waals surface area contributed by atoms with E-state index in [1.165, 1.54) is 36.8 Å². The van der Waals surface area contributed by atoms with Crippen LogP contribution in [-0.2, 0) is 16.6 Å². The maximum atomic E-state index is 14.5. The summed E-state index contributed by atoms with van der Waals surface area (Å²) in [5, 5.41) is 0.919. The van der Waals surface area contributed by atoms with Gasteiger partial charge in [0.1, 0.15) is 0 Å². The molecule has 1 saturated heterocycles. The summed E-state index contributed by atoms with van der Waals surface area (Å²) in [4.78, 5) is 19.8. The Kier molecular flexibility index (Phi) is 6.47. The lowest BCUT2D eigenvalue weighted by molar-refractivity contribution is -0.0710. The molecule has 4 nitrogen and oxygen atoms in total. The minimum absolute atomic E-state index is 0.0401. The molecule has 0 radical (unpaired) electrons. The van der Waals surface area contributed by atoms with E-state index in [0.717, 1.165) is 60.7 Å². The molecule has 1 aromatic heterocycles. The molecule has 1 atom stereocenters. The van der Waals surface area contributed by atoms with E-state index in [4.69, 9.17) is 9.72 Å².